The van der Waals surface area contributed by atoms with Crippen LogP contribution in [-0.2, 0) is 0 Å². The van der Waals surface area contributed by atoms with E-state index in [2.05, 4.69) is 15.4 Å². The number of anilines is 1. The molecule has 0 aliphatic carbocycles. The van der Waals surface area contributed by atoms with Gasteiger partial charge in [0.15, 0.2) is 5.52 Å². The van der Waals surface area contributed by atoms with Gasteiger partial charge in [0.05, 0.1) is 15.4 Å². The van der Waals surface area contributed by atoms with Gasteiger partial charge in [-0.1, -0.05) is 11.6 Å². The smallest absolute Gasteiger partial charge is 0.300 e. The molecule has 22 heavy (non-hydrogen) atoms. The van der Waals surface area contributed by atoms with Crippen LogP contribution in [0, 0.1) is 13.8 Å². The average molecular weight is 351 g/mol. The number of thiocarbonyl (C=S) groups is 1. The van der Waals surface area contributed by atoms with E-state index in [-0.39, 0.29) is 10.7 Å². The molecule has 1 N–H and O–H groups in total. The van der Waals surface area contributed by atoms with Gasteiger partial charge in [-0.15, -0.1) is 11.3 Å². The van der Waals surface area contributed by atoms with Crippen molar-refractivity contribution in [3.63, 3.8) is 0 Å². The summed E-state index contributed by atoms with van der Waals surface area (Å²) in [7, 11) is 0. The summed E-state index contributed by atoms with van der Waals surface area (Å²) < 4.78 is 1.97. The van der Waals surface area contributed by atoms with Gasteiger partial charge in [-0.25, -0.2) is 4.98 Å². The summed E-state index contributed by atoms with van der Waals surface area (Å²) in [6, 6.07) is 7.03. The molecule has 2 heterocycles. The Labute approximate surface area is 140 Å². The van der Waals surface area contributed by atoms with Crippen molar-refractivity contribution < 1.29 is 0 Å². The summed E-state index contributed by atoms with van der Waals surface area (Å²) in [4.78, 5) is 16.8. The van der Waals surface area contributed by atoms with Crippen LogP contribution in [0.1, 0.15) is 10.7 Å². The Morgan fingerprint density at radius 1 is 1.32 bits per heavy atom. The van der Waals surface area contributed by atoms with Crippen molar-refractivity contribution in [2.75, 3.05) is 5.32 Å². The minimum absolute atomic E-state index is 0.197. The molecule has 112 valence electrons. The fourth-order valence-electron chi connectivity index (χ4n) is 2.01. The summed E-state index contributed by atoms with van der Waals surface area (Å²) in [6.07, 6.45) is 0. The van der Waals surface area contributed by atoms with E-state index >= 15 is 0 Å². The minimum Gasteiger partial charge on any atom is -0.331 e. The molecule has 3 aromatic rings. The second-order valence-corrected chi connectivity index (χ2v) is 6.68. The molecule has 0 aliphatic heterocycles. The molecule has 1 aromatic carbocycles. The molecule has 5 nitrogen and oxygen atoms in total. The number of benzene rings is 1. The standard InChI is InChI=1S/C14H11ClN4OS2/c1-7-12-11(16-8(2)22-12)13(20)19(18-7)14(21)17-10-5-3-9(15)4-6-10/h3-6H,1-2H3,(H,17,21). The van der Waals surface area contributed by atoms with E-state index in [4.69, 9.17) is 23.8 Å². The molecular weight excluding hydrogens is 340 g/mol. The van der Waals surface area contributed by atoms with Gasteiger partial charge in [0.25, 0.3) is 0 Å². The number of hydrogen-bond acceptors (Lipinski definition) is 5. The van der Waals surface area contributed by atoms with Crippen LogP contribution in [0.2, 0.25) is 5.02 Å². The Morgan fingerprint density at radius 3 is 2.68 bits per heavy atom. The van der Waals surface area contributed by atoms with Crippen LogP contribution in [0.25, 0.3) is 10.2 Å². The van der Waals surface area contributed by atoms with Gasteiger partial charge in [0, 0.05) is 10.7 Å². The number of hydrogen-bond donors (Lipinski definition) is 1. The first-order valence-corrected chi connectivity index (χ1v) is 8.00. The first-order valence-electron chi connectivity index (χ1n) is 6.39. The SMILES string of the molecule is Cc1nc2c(=O)n(C(=S)Nc3ccc(Cl)cc3)nc(C)c2s1. The van der Waals surface area contributed by atoms with Crippen LogP contribution >= 0.6 is 35.2 Å². The maximum absolute atomic E-state index is 12.5. The molecule has 3 rings (SSSR count). The second-order valence-electron chi connectivity index (χ2n) is 4.65. The minimum atomic E-state index is -0.323. The number of aromatic nitrogens is 3. The molecular formula is C14H11ClN4OS2. The van der Waals surface area contributed by atoms with Gasteiger partial charge in [-0.05, 0) is 50.3 Å². The normalized spacial score (nSPS) is 10.9. The molecule has 0 amide bonds. The van der Waals surface area contributed by atoms with Crippen molar-refractivity contribution in [3.05, 3.63) is 50.3 Å². The number of fused-ring (bicyclic) bond motifs is 1. The van der Waals surface area contributed by atoms with Crippen molar-refractivity contribution in [2.24, 2.45) is 0 Å². The molecule has 0 spiro atoms. The highest BCUT2D eigenvalue weighted by Crippen LogP contribution is 2.20. The molecule has 0 aliphatic rings. The fourth-order valence-corrected chi connectivity index (χ4v) is 3.22. The van der Waals surface area contributed by atoms with E-state index in [0.29, 0.717) is 10.5 Å². The molecule has 0 saturated carbocycles. The maximum Gasteiger partial charge on any atom is 0.300 e. The topological polar surface area (TPSA) is 59.8 Å². The molecule has 0 bridgehead atoms. The number of aryl methyl sites for hydroxylation is 2. The third-order valence-electron chi connectivity index (χ3n) is 3.00. The monoisotopic (exact) mass is 350 g/mol. The maximum atomic E-state index is 12.5. The van der Waals surface area contributed by atoms with Gasteiger partial charge in [0.1, 0.15) is 0 Å². The summed E-state index contributed by atoms with van der Waals surface area (Å²) in [5.74, 6) is 0. The first-order chi connectivity index (χ1) is 10.5. The molecule has 8 heteroatoms. The van der Waals surface area contributed by atoms with Gasteiger partial charge in [0.2, 0.25) is 5.11 Å². The Bertz CT molecular complexity index is 930. The van der Waals surface area contributed by atoms with Crippen molar-refractivity contribution in [2.45, 2.75) is 13.8 Å². The van der Waals surface area contributed by atoms with Gasteiger partial charge in [-0.3, -0.25) is 4.79 Å². The Morgan fingerprint density at radius 2 is 2.00 bits per heavy atom. The lowest BCUT2D eigenvalue weighted by Crippen LogP contribution is -2.33. The van der Waals surface area contributed by atoms with Crippen LogP contribution in [0.5, 0.6) is 0 Å². The number of thiazole rings is 1. The van der Waals surface area contributed by atoms with Crippen LogP contribution in [0.4, 0.5) is 5.69 Å². The van der Waals surface area contributed by atoms with Gasteiger partial charge in [-0.2, -0.15) is 9.78 Å². The third kappa shape index (κ3) is 2.75. The zero-order valence-electron chi connectivity index (χ0n) is 11.8. The lowest BCUT2D eigenvalue weighted by atomic mass is 10.3. The Balaban J connectivity index is 2.02. The largest absolute Gasteiger partial charge is 0.331 e. The van der Waals surface area contributed by atoms with Crippen LogP contribution < -0.4 is 10.9 Å². The Hall–Kier alpha value is -1.83. The highest BCUT2D eigenvalue weighted by Gasteiger charge is 2.14. The van der Waals surface area contributed by atoms with Crippen LogP contribution in [-0.4, -0.2) is 19.9 Å². The summed E-state index contributed by atoms with van der Waals surface area (Å²) in [5, 5.41) is 8.90. The summed E-state index contributed by atoms with van der Waals surface area (Å²) in [6.45, 7) is 3.69. The second kappa shape index (κ2) is 5.75. The zero-order valence-corrected chi connectivity index (χ0v) is 14.1. The van der Waals surface area contributed by atoms with E-state index in [1.807, 2.05) is 13.8 Å². The molecule has 2 aromatic heterocycles. The summed E-state index contributed by atoms with van der Waals surface area (Å²) >= 11 is 12.6. The van der Waals surface area contributed by atoms with E-state index < -0.39 is 0 Å². The van der Waals surface area contributed by atoms with Crippen molar-refractivity contribution in [1.29, 1.82) is 0 Å². The van der Waals surface area contributed by atoms with Crippen LogP contribution in [0.15, 0.2) is 29.1 Å². The Kier molecular flexibility index (Phi) is 3.94. The van der Waals surface area contributed by atoms with E-state index in [9.17, 15) is 4.79 Å². The molecule has 0 fully saturated rings. The van der Waals surface area contributed by atoms with E-state index in [1.165, 1.54) is 16.0 Å². The molecule has 0 atom stereocenters. The predicted octanol–water partition coefficient (Wildman–Crippen LogP) is 3.37. The lowest BCUT2D eigenvalue weighted by Gasteiger charge is -2.10. The average Bonchev–Trinajstić information content (AvgIpc) is 2.88. The predicted molar refractivity (Wildman–Crippen MR) is 94.2 cm³/mol. The number of halogens is 1. The first kappa shape index (κ1) is 15.1. The van der Waals surface area contributed by atoms with Crippen LogP contribution in [0.3, 0.4) is 0 Å². The summed E-state index contributed by atoms with van der Waals surface area (Å²) in [5.41, 5.74) is 1.53. The molecule has 0 radical (unpaired) electrons. The molecule has 0 unspecified atom stereocenters. The van der Waals surface area contributed by atoms with Gasteiger partial charge >= 0.3 is 5.56 Å². The molecule has 0 saturated heterocycles. The lowest BCUT2D eigenvalue weighted by molar-refractivity contribution is 0.853. The third-order valence-corrected chi connectivity index (χ3v) is 4.60. The highest BCUT2D eigenvalue weighted by atomic mass is 35.5. The van der Waals surface area contributed by atoms with E-state index in [0.717, 1.165) is 21.1 Å². The quantitative estimate of drug-likeness (QED) is 0.682. The van der Waals surface area contributed by atoms with E-state index in [1.54, 1.807) is 24.3 Å². The van der Waals surface area contributed by atoms with Crippen molar-refractivity contribution in [3.8, 4) is 0 Å². The van der Waals surface area contributed by atoms with Gasteiger partial charge < -0.3 is 5.32 Å². The van der Waals surface area contributed by atoms with Crippen molar-refractivity contribution in [1.82, 2.24) is 14.8 Å². The number of rotatable bonds is 1. The zero-order chi connectivity index (χ0) is 15.9. The highest BCUT2D eigenvalue weighted by molar-refractivity contribution is 7.80. The fraction of sp³-hybridized carbons (Fsp3) is 0.143. The van der Waals surface area contributed by atoms with Crippen molar-refractivity contribution >= 4 is 56.2 Å². The number of nitrogens with one attached hydrogen (secondary N) is 1. The number of nitrogens with zero attached hydrogens (tertiary/aromatic N) is 3.